The van der Waals surface area contributed by atoms with Gasteiger partial charge in [0.1, 0.15) is 23.9 Å². The highest BCUT2D eigenvalue weighted by Crippen LogP contribution is 2.25. The molecule has 8 heteroatoms. The zero-order valence-corrected chi connectivity index (χ0v) is 15.8. The summed E-state index contributed by atoms with van der Waals surface area (Å²) in [6.07, 6.45) is -1.58. The van der Waals surface area contributed by atoms with Gasteiger partial charge in [0, 0.05) is 5.02 Å². The van der Waals surface area contributed by atoms with Gasteiger partial charge >= 0.3 is 12.2 Å². The van der Waals surface area contributed by atoms with Crippen LogP contribution in [0.25, 0.3) is 0 Å². The number of carbonyl (C=O) groups excluding carboxylic acids is 2. The van der Waals surface area contributed by atoms with Crippen molar-refractivity contribution in [3.8, 4) is 17.2 Å². The zero-order valence-electron chi connectivity index (χ0n) is 15.0. The number of halogens is 1. The van der Waals surface area contributed by atoms with E-state index >= 15 is 0 Å². The summed E-state index contributed by atoms with van der Waals surface area (Å²) in [5.74, 6) is 1.80. The molecule has 0 saturated heterocycles. The average Bonchev–Trinajstić information content (AvgIpc) is 2.66. The summed E-state index contributed by atoms with van der Waals surface area (Å²) in [6.45, 7) is 1.88. The van der Waals surface area contributed by atoms with Gasteiger partial charge in [-0.25, -0.2) is 14.5 Å². The first-order chi connectivity index (χ1) is 13.0. The van der Waals surface area contributed by atoms with E-state index in [-0.39, 0.29) is 19.8 Å². The second-order valence-corrected chi connectivity index (χ2v) is 5.64. The summed E-state index contributed by atoms with van der Waals surface area (Å²) in [5.41, 5.74) is 0. The minimum Gasteiger partial charge on any atom is -0.492 e. The maximum Gasteiger partial charge on any atom is 0.419 e. The van der Waals surface area contributed by atoms with Crippen molar-refractivity contribution in [2.45, 2.75) is 6.92 Å². The van der Waals surface area contributed by atoms with Gasteiger partial charge in [0.25, 0.3) is 0 Å². The highest BCUT2D eigenvalue weighted by atomic mass is 35.5. The van der Waals surface area contributed by atoms with E-state index in [0.29, 0.717) is 22.3 Å². The fourth-order valence-electron chi connectivity index (χ4n) is 2.09. The first-order valence-electron chi connectivity index (χ1n) is 8.22. The molecule has 0 unspecified atom stereocenters. The van der Waals surface area contributed by atoms with Crippen LogP contribution in [0.3, 0.4) is 0 Å². The van der Waals surface area contributed by atoms with Crippen LogP contribution < -0.4 is 9.47 Å². The number of nitrogens with zero attached hydrogens (tertiary/aromatic N) is 1. The van der Waals surface area contributed by atoms with Crippen LogP contribution in [0, 0.1) is 0 Å². The van der Waals surface area contributed by atoms with Crippen LogP contribution in [0.1, 0.15) is 6.92 Å². The molecule has 2 rings (SSSR count). The van der Waals surface area contributed by atoms with Gasteiger partial charge in [-0.15, -0.1) is 0 Å². The van der Waals surface area contributed by atoms with Crippen LogP contribution in [-0.2, 0) is 9.47 Å². The summed E-state index contributed by atoms with van der Waals surface area (Å²) in [7, 11) is 1.19. The predicted octanol–water partition coefficient (Wildman–Crippen LogP) is 4.74. The van der Waals surface area contributed by atoms with Crippen LogP contribution in [-0.4, -0.2) is 44.0 Å². The van der Waals surface area contributed by atoms with E-state index in [1.54, 1.807) is 55.5 Å². The third-order valence-corrected chi connectivity index (χ3v) is 3.56. The van der Waals surface area contributed by atoms with Gasteiger partial charge in [-0.1, -0.05) is 17.7 Å². The summed E-state index contributed by atoms with van der Waals surface area (Å²) >= 11 is 5.92. The lowest BCUT2D eigenvalue weighted by atomic mass is 10.3. The molecule has 0 aliphatic rings. The molecule has 0 atom stereocenters. The highest BCUT2D eigenvalue weighted by Gasteiger charge is 2.23. The number of methoxy groups -OCH3 is 1. The smallest absolute Gasteiger partial charge is 0.419 e. The molecule has 0 aliphatic carbocycles. The van der Waals surface area contributed by atoms with Gasteiger partial charge < -0.3 is 18.9 Å². The molecule has 2 aromatic rings. The number of hydrogen-bond donors (Lipinski definition) is 0. The standard InChI is InChI=1S/C19H20ClNO6/c1-3-25-19(23)21(18(22)24-2)11-12-26-15-7-9-16(10-8-15)27-17-6-4-5-14(20)13-17/h4-10,13H,3,11-12H2,1-2H3. The van der Waals surface area contributed by atoms with Crippen molar-refractivity contribution in [1.29, 1.82) is 0 Å². The van der Waals surface area contributed by atoms with Gasteiger partial charge in [-0.3, -0.25) is 0 Å². The molecule has 7 nitrogen and oxygen atoms in total. The van der Waals surface area contributed by atoms with E-state index in [0.717, 1.165) is 4.90 Å². The normalized spacial score (nSPS) is 10.0. The average molecular weight is 394 g/mol. The molecule has 144 valence electrons. The minimum absolute atomic E-state index is 0.00767. The Morgan fingerprint density at radius 3 is 2.33 bits per heavy atom. The molecule has 0 fully saturated rings. The van der Waals surface area contributed by atoms with Crippen LogP contribution >= 0.6 is 11.6 Å². The van der Waals surface area contributed by atoms with Gasteiger partial charge in [0.15, 0.2) is 0 Å². The highest BCUT2D eigenvalue weighted by molar-refractivity contribution is 6.30. The SMILES string of the molecule is CCOC(=O)N(CCOc1ccc(Oc2cccc(Cl)c2)cc1)C(=O)OC. The van der Waals surface area contributed by atoms with Crippen LogP contribution in [0.5, 0.6) is 17.2 Å². The molecule has 0 saturated carbocycles. The van der Waals surface area contributed by atoms with Crippen LogP contribution in [0.2, 0.25) is 5.02 Å². The molecule has 0 spiro atoms. The summed E-state index contributed by atoms with van der Waals surface area (Å²) in [4.78, 5) is 24.2. The van der Waals surface area contributed by atoms with E-state index in [9.17, 15) is 9.59 Å². The maximum absolute atomic E-state index is 11.7. The predicted molar refractivity (Wildman–Crippen MR) is 99.6 cm³/mol. The maximum atomic E-state index is 11.7. The van der Waals surface area contributed by atoms with Gasteiger partial charge in [-0.2, -0.15) is 0 Å². The van der Waals surface area contributed by atoms with Crippen LogP contribution in [0.4, 0.5) is 9.59 Å². The molecule has 0 heterocycles. The number of ether oxygens (including phenoxy) is 4. The van der Waals surface area contributed by atoms with Crippen molar-refractivity contribution >= 4 is 23.8 Å². The molecule has 0 aromatic heterocycles. The Hall–Kier alpha value is -2.93. The first kappa shape index (κ1) is 20.4. The summed E-state index contributed by atoms with van der Waals surface area (Å²) in [5, 5.41) is 0.587. The van der Waals surface area contributed by atoms with Crippen molar-refractivity contribution in [2.24, 2.45) is 0 Å². The zero-order chi connectivity index (χ0) is 19.6. The lowest BCUT2D eigenvalue weighted by Crippen LogP contribution is -2.40. The second kappa shape index (κ2) is 10.3. The number of benzene rings is 2. The van der Waals surface area contributed by atoms with Crippen molar-refractivity contribution in [3.63, 3.8) is 0 Å². The van der Waals surface area contributed by atoms with E-state index in [4.69, 9.17) is 25.8 Å². The van der Waals surface area contributed by atoms with E-state index in [1.165, 1.54) is 7.11 Å². The van der Waals surface area contributed by atoms with Crippen molar-refractivity contribution in [2.75, 3.05) is 26.9 Å². The quantitative estimate of drug-likeness (QED) is 0.676. The van der Waals surface area contributed by atoms with E-state index in [2.05, 4.69) is 4.74 Å². The molecule has 0 N–H and O–H groups in total. The van der Waals surface area contributed by atoms with Gasteiger partial charge in [0.05, 0.1) is 20.3 Å². The summed E-state index contributed by atoms with van der Waals surface area (Å²) in [6, 6.07) is 14.0. The second-order valence-electron chi connectivity index (χ2n) is 5.20. The molecular weight excluding hydrogens is 374 g/mol. The van der Waals surface area contributed by atoms with Crippen molar-refractivity contribution in [1.82, 2.24) is 4.90 Å². The van der Waals surface area contributed by atoms with Crippen molar-refractivity contribution < 1.29 is 28.5 Å². The fraction of sp³-hybridized carbons (Fsp3) is 0.263. The van der Waals surface area contributed by atoms with Gasteiger partial charge in [0.2, 0.25) is 0 Å². The Morgan fingerprint density at radius 2 is 1.70 bits per heavy atom. The van der Waals surface area contributed by atoms with E-state index in [1.807, 2.05) is 0 Å². The molecule has 27 heavy (non-hydrogen) atoms. The Bertz CT molecular complexity index is 765. The number of hydrogen-bond acceptors (Lipinski definition) is 6. The molecule has 0 aliphatic heterocycles. The molecule has 0 bridgehead atoms. The number of rotatable bonds is 7. The molecule has 0 radical (unpaired) electrons. The molecule has 2 amide bonds. The fourth-order valence-corrected chi connectivity index (χ4v) is 2.27. The molecular formula is C19H20ClNO6. The Morgan fingerprint density at radius 1 is 1.00 bits per heavy atom. The number of amides is 2. The number of carbonyl (C=O) groups is 2. The molecule has 2 aromatic carbocycles. The Kier molecular flexibility index (Phi) is 7.76. The topological polar surface area (TPSA) is 74.3 Å². The summed E-state index contributed by atoms with van der Waals surface area (Å²) < 4.78 is 20.6. The van der Waals surface area contributed by atoms with Crippen LogP contribution in [0.15, 0.2) is 48.5 Å². The third kappa shape index (κ3) is 6.38. The van der Waals surface area contributed by atoms with Crippen molar-refractivity contribution in [3.05, 3.63) is 53.6 Å². The lowest BCUT2D eigenvalue weighted by Gasteiger charge is -2.18. The number of imide groups is 1. The Labute approximate surface area is 162 Å². The Balaban J connectivity index is 1.88. The monoisotopic (exact) mass is 393 g/mol. The first-order valence-corrected chi connectivity index (χ1v) is 8.59. The largest absolute Gasteiger partial charge is 0.492 e. The minimum atomic E-state index is -0.803. The van der Waals surface area contributed by atoms with E-state index < -0.39 is 12.2 Å². The third-order valence-electron chi connectivity index (χ3n) is 3.32. The lowest BCUT2D eigenvalue weighted by molar-refractivity contribution is 0.0838. The van der Waals surface area contributed by atoms with Gasteiger partial charge in [-0.05, 0) is 49.4 Å².